The van der Waals surface area contributed by atoms with Crippen LogP contribution in [0.15, 0.2) is 54.9 Å². The molecule has 3 aliphatic rings. The molecule has 4 amide bonds. The Morgan fingerprint density at radius 1 is 1.09 bits per heavy atom. The van der Waals surface area contributed by atoms with Gasteiger partial charge in [-0.15, -0.1) is 0 Å². The van der Waals surface area contributed by atoms with E-state index in [-0.39, 0.29) is 49.7 Å². The molecule has 7 rings (SSSR count). The summed E-state index contributed by atoms with van der Waals surface area (Å²) in [4.78, 5) is 76.2. The zero-order chi connectivity index (χ0) is 46.0. The van der Waals surface area contributed by atoms with Crippen molar-refractivity contribution in [3.8, 4) is 28.1 Å². The van der Waals surface area contributed by atoms with Crippen molar-refractivity contribution in [1.82, 2.24) is 40.4 Å². The summed E-state index contributed by atoms with van der Waals surface area (Å²) < 4.78 is 14.0. The van der Waals surface area contributed by atoms with Crippen LogP contribution in [0.3, 0.4) is 0 Å². The van der Waals surface area contributed by atoms with Gasteiger partial charge in [-0.3, -0.25) is 34.0 Å². The zero-order valence-corrected chi connectivity index (χ0v) is 38.2. The molecule has 6 bridgehead atoms. The van der Waals surface area contributed by atoms with E-state index in [4.69, 9.17) is 9.47 Å². The number of nitrogens with one attached hydrogen (secondary N) is 3. The summed E-state index contributed by atoms with van der Waals surface area (Å²) in [5.41, 5.74) is 9.68. The number of esters is 1. The van der Waals surface area contributed by atoms with Crippen molar-refractivity contribution in [2.24, 2.45) is 11.3 Å². The van der Waals surface area contributed by atoms with Crippen LogP contribution in [0.5, 0.6) is 5.75 Å². The first-order valence-corrected chi connectivity index (χ1v) is 22.2. The number of fused-ring (bicyclic) bond motifs is 6. The molecule has 4 aromatic rings. The van der Waals surface area contributed by atoms with E-state index in [1.807, 2.05) is 38.2 Å². The lowest BCUT2D eigenvalue weighted by Crippen LogP contribution is -2.62. The fourth-order valence-electron chi connectivity index (χ4n) is 9.16. The first-order valence-electron chi connectivity index (χ1n) is 22.2. The number of rotatable bonds is 11. The van der Waals surface area contributed by atoms with Crippen LogP contribution in [-0.2, 0) is 59.4 Å². The third kappa shape index (κ3) is 9.93. The summed E-state index contributed by atoms with van der Waals surface area (Å²) in [5.74, 6) is -2.55. The Hall–Kier alpha value is -5.84. The van der Waals surface area contributed by atoms with E-state index in [9.17, 15) is 29.1 Å². The minimum atomic E-state index is -1.17. The van der Waals surface area contributed by atoms with Gasteiger partial charge >= 0.3 is 5.97 Å². The second-order valence-electron chi connectivity index (χ2n) is 18.5. The van der Waals surface area contributed by atoms with Crippen LogP contribution in [0.1, 0.15) is 64.2 Å². The van der Waals surface area contributed by atoms with Gasteiger partial charge in [-0.1, -0.05) is 39.8 Å². The summed E-state index contributed by atoms with van der Waals surface area (Å²) in [6.45, 7) is 11.6. The lowest BCUT2D eigenvalue weighted by atomic mass is 9.84. The molecule has 16 heteroatoms. The fourth-order valence-corrected chi connectivity index (χ4v) is 9.16. The molecule has 5 heterocycles. The van der Waals surface area contributed by atoms with E-state index in [0.717, 1.165) is 38.9 Å². The molecule has 4 atom stereocenters. The molecule has 0 aliphatic carbocycles. The van der Waals surface area contributed by atoms with Crippen molar-refractivity contribution in [1.29, 1.82) is 0 Å². The summed E-state index contributed by atoms with van der Waals surface area (Å²) in [7, 11) is 4.74. The van der Waals surface area contributed by atoms with Crippen LogP contribution in [-0.4, -0.2) is 131 Å². The van der Waals surface area contributed by atoms with Gasteiger partial charge in [-0.2, -0.15) is 0 Å². The summed E-state index contributed by atoms with van der Waals surface area (Å²) in [6.07, 6.45) is 5.10. The number of methoxy groups -OCH3 is 1. The molecule has 2 fully saturated rings. The second kappa shape index (κ2) is 19.1. The number of pyridine rings is 1. The smallest absolute Gasteiger partial charge is 0.324 e. The first kappa shape index (κ1) is 46.2. The average Bonchev–Trinajstić information content (AvgIpc) is 4.07. The van der Waals surface area contributed by atoms with Gasteiger partial charge in [0, 0.05) is 81.5 Å². The third-order valence-electron chi connectivity index (χ3n) is 12.5. The van der Waals surface area contributed by atoms with E-state index in [0.29, 0.717) is 50.1 Å². The maximum Gasteiger partial charge on any atom is 0.324 e. The van der Waals surface area contributed by atoms with Crippen LogP contribution in [0, 0.1) is 11.3 Å². The molecular weight excluding hydrogens is 817 g/mol. The number of carbonyl (C=O) groups is 5. The number of aryl methyl sites for hydroxylation is 1. The van der Waals surface area contributed by atoms with Gasteiger partial charge in [0.1, 0.15) is 23.9 Å². The number of hydrazine groups is 1. The number of hydrogen-bond acceptors (Lipinski definition) is 11. The summed E-state index contributed by atoms with van der Waals surface area (Å²) >= 11 is 0. The van der Waals surface area contributed by atoms with Crippen molar-refractivity contribution in [3.63, 3.8) is 0 Å². The first-order chi connectivity index (χ1) is 30.5. The summed E-state index contributed by atoms with van der Waals surface area (Å²) in [6, 6.07) is 10.1. The standard InChI is InChI=1S/C48H62N8O8/c1-9-55-40-13-12-30-21-34(40)35(43(55)36-23-49-15-14-31(36)26-63-8)22-48(4,5)27-64-47(62)37-11-10-16-56(52-37)46(61)38(19-29-17-32(30)20-33(57)18-29)51-44(59)42(28(2)3)54(7)41(58)25-53(6)45(60)39-24-50-39/h12-15,17-18,20-21,23,28,37-39,42,50,52,57H,9-11,16,19,22,24-27H2,1-8H3,(H,51,59)/t37-,38-,39-,42-/m0/s1. The van der Waals surface area contributed by atoms with Gasteiger partial charge in [0.15, 0.2) is 0 Å². The van der Waals surface area contributed by atoms with Crippen molar-refractivity contribution in [2.75, 3.05) is 47.4 Å². The van der Waals surface area contributed by atoms with Crippen molar-refractivity contribution in [2.45, 2.75) is 97.6 Å². The molecule has 3 aliphatic heterocycles. The Labute approximate surface area is 374 Å². The number of amides is 4. The highest BCUT2D eigenvalue weighted by Crippen LogP contribution is 2.41. The molecule has 0 spiro atoms. The van der Waals surface area contributed by atoms with E-state index < -0.39 is 47.2 Å². The molecular formula is C48H62N8O8. The minimum Gasteiger partial charge on any atom is -0.508 e. The van der Waals surface area contributed by atoms with Crippen molar-refractivity contribution >= 4 is 40.5 Å². The number of cyclic esters (lactones) is 1. The Morgan fingerprint density at radius 2 is 1.86 bits per heavy atom. The average molecular weight is 879 g/mol. The van der Waals surface area contributed by atoms with Gasteiger partial charge in [-0.25, -0.2) is 5.43 Å². The Kier molecular flexibility index (Phi) is 13.8. The Bertz CT molecular complexity index is 2430. The van der Waals surface area contributed by atoms with Crippen LogP contribution >= 0.6 is 0 Å². The van der Waals surface area contributed by atoms with Gasteiger partial charge in [-0.05, 0) is 90.3 Å². The molecule has 2 aromatic carbocycles. The number of benzene rings is 2. The minimum absolute atomic E-state index is 0.0170. The number of carbonyl (C=O) groups excluding carboxylic acids is 5. The fraction of sp³-hybridized carbons (Fsp3) is 0.500. The number of hydrogen-bond donors (Lipinski definition) is 4. The molecule has 0 saturated carbocycles. The summed E-state index contributed by atoms with van der Waals surface area (Å²) in [5, 5.41) is 19.5. The number of likely N-dealkylation sites (N-methyl/N-ethyl adjacent to an activating group) is 2. The van der Waals surface area contributed by atoms with Gasteiger partial charge in [0.25, 0.3) is 5.91 Å². The number of phenolic OH excluding ortho intramolecular Hbond substituents is 1. The number of nitrogens with zero attached hydrogens (tertiary/aromatic N) is 5. The maximum absolute atomic E-state index is 14.6. The molecule has 2 saturated heterocycles. The van der Waals surface area contributed by atoms with E-state index in [1.54, 1.807) is 32.5 Å². The topological polar surface area (TPSA) is 198 Å². The van der Waals surface area contributed by atoms with Gasteiger partial charge in [0.05, 0.1) is 31.5 Å². The maximum atomic E-state index is 14.6. The number of ether oxygens (including phenoxy) is 2. The highest BCUT2D eigenvalue weighted by atomic mass is 16.5. The third-order valence-corrected chi connectivity index (χ3v) is 12.5. The predicted octanol–water partition coefficient (Wildman–Crippen LogP) is 3.80. The van der Waals surface area contributed by atoms with Crippen LogP contribution in [0.4, 0.5) is 0 Å². The largest absolute Gasteiger partial charge is 0.508 e. The van der Waals surface area contributed by atoms with E-state index in [1.165, 1.54) is 21.9 Å². The van der Waals surface area contributed by atoms with Crippen molar-refractivity contribution in [3.05, 3.63) is 71.5 Å². The van der Waals surface area contributed by atoms with E-state index >= 15 is 0 Å². The second-order valence-corrected chi connectivity index (χ2v) is 18.5. The number of aromatic hydroxyl groups is 1. The Morgan fingerprint density at radius 3 is 2.56 bits per heavy atom. The quantitative estimate of drug-likeness (QED) is 0.126. The van der Waals surface area contributed by atoms with Crippen LogP contribution in [0.2, 0.25) is 0 Å². The lowest BCUT2D eigenvalue weighted by molar-refractivity contribution is -0.155. The number of aromatic nitrogens is 2. The predicted molar refractivity (Wildman–Crippen MR) is 241 cm³/mol. The molecule has 16 nitrogen and oxygen atoms in total. The SMILES string of the molecule is CCn1c(-c2cnccc2COC)c2c3cc(ccc31)-c1cc(O)cc(c1)C[C@H](NC(=O)[C@H](C(C)C)N(C)C(=O)CN(C)C(=O)[C@@H]1CN1)C(=O)N1CCC[C@H](N1)C(=O)OCC(C)(C)C2. The highest BCUT2D eigenvalue weighted by molar-refractivity contribution is 5.96. The molecule has 0 unspecified atom stereocenters. The lowest BCUT2D eigenvalue weighted by Gasteiger charge is -2.37. The molecule has 342 valence electrons. The molecule has 2 aromatic heterocycles. The Balaban J connectivity index is 1.30. The zero-order valence-electron chi connectivity index (χ0n) is 38.2. The van der Waals surface area contributed by atoms with Crippen LogP contribution in [0.25, 0.3) is 33.3 Å². The highest BCUT2D eigenvalue weighted by Gasteiger charge is 2.39. The normalized spacial score (nSPS) is 20.3. The van der Waals surface area contributed by atoms with E-state index in [2.05, 4.69) is 58.5 Å². The van der Waals surface area contributed by atoms with Gasteiger partial charge < -0.3 is 39.6 Å². The monoisotopic (exact) mass is 878 g/mol. The molecule has 0 radical (unpaired) electrons. The van der Waals surface area contributed by atoms with Gasteiger partial charge in [0.2, 0.25) is 17.7 Å². The molecule has 64 heavy (non-hydrogen) atoms. The molecule has 4 N–H and O–H groups in total. The van der Waals surface area contributed by atoms with Crippen molar-refractivity contribution < 1.29 is 38.6 Å². The number of phenols is 1. The van der Waals surface area contributed by atoms with Crippen LogP contribution < -0.4 is 16.1 Å².